The Kier molecular flexibility index (Phi) is 2.89. The topological polar surface area (TPSA) is 15.8 Å². The third kappa shape index (κ3) is 1.76. The van der Waals surface area contributed by atoms with Gasteiger partial charge in [-0.15, -0.1) is 0 Å². The second kappa shape index (κ2) is 3.68. The first kappa shape index (κ1) is 10.2. The lowest BCUT2D eigenvalue weighted by Crippen LogP contribution is -1.71. The quantitative estimate of drug-likeness (QED) is 0.587. The van der Waals surface area contributed by atoms with Crippen molar-refractivity contribution in [2.24, 2.45) is 0 Å². The molecule has 0 aliphatic heterocycles. The number of fused-ring (bicyclic) bond motifs is 1. The van der Waals surface area contributed by atoms with E-state index in [9.17, 15) is 0 Å². The summed E-state index contributed by atoms with van der Waals surface area (Å²) in [6, 6.07) is 4.10. The average Bonchev–Trinajstić information content (AvgIpc) is 2.32. The minimum absolute atomic E-state index is 0.965. The highest BCUT2D eigenvalue weighted by Gasteiger charge is 2.08. The fourth-order valence-electron chi connectivity index (χ4n) is 1.12. The van der Waals surface area contributed by atoms with Crippen LogP contribution in [0.1, 0.15) is 0 Å². The van der Waals surface area contributed by atoms with E-state index >= 15 is 0 Å². The molecule has 0 unspecified atom stereocenters. The van der Waals surface area contributed by atoms with Crippen molar-refractivity contribution in [1.29, 1.82) is 0 Å². The second-order valence-electron chi connectivity index (χ2n) is 2.56. The second-order valence-corrected chi connectivity index (χ2v) is 5.86. The summed E-state index contributed by atoms with van der Waals surface area (Å²) in [5, 5.41) is 1.15. The van der Waals surface area contributed by atoms with Crippen molar-refractivity contribution in [2.45, 2.75) is 0 Å². The van der Waals surface area contributed by atoms with E-state index in [4.69, 9.17) is 0 Å². The van der Waals surface area contributed by atoms with Gasteiger partial charge in [-0.1, -0.05) is 0 Å². The molecule has 5 heteroatoms. The summed E-state index contributed by atoms with van der Waals surface area (Å²) < 4.78 is 4.11. The SMILES string of the molecule is Brc1cc2[nH]c(Br)c(Br)c2cc1Br. The normalized spacial score (nSPS) is 11.1. The van der Waals surface area contributed by atoms with Crippen molar-refractivity contribution in [2.75, 3.05) is 0 Å². The van der Waals surface area contributed by atoms with Crippen LogP contribution in [0.4, 0.5) is 0 Å². The van der Waals surface area contributed by atoms with Gasteiger partial charge < -0.3 is 4.98 Å². The first-order valence-electron chi connectivity index (χ1n) is 3.41. The van der Waals surface area contributed by atoms with Gasteiger partial charge >= 0.3 is 0 Å². The van der Waals surface area contributed by atoms with Crippen molar-refractivity contribution < 1.29 is 0 Å². The van der Waals surface area contributed by atoms with Crippen molar-refractivity contribution in [3.05, 3.63) is 30.2 Å². The molecule has 0 saturated carbocycles. The summed E-state index contributed by atoms with van der Waals surface area (Å²) in [6.45, 7) is 0. The van der Waals surface area contributed by atoms with E-state index in [1.54, 1.807) is 0 Å². The maximum absolute atomic E-state index is 3.50. The van der Waals surface area contributed by atoms with Gasteiger partial charge in [-0.25, -0.2) is 0 Å². The number of rotatable bonds is 0. The molecule has 68 valence electrons. The number of hydrogen-bond acceptors (Lipinski definition) is 0. The van der Waals surface area contributed by atoms with E-state index in [-0.39, 0.29) is 0 Å². The molecule has 0 radical (unpaired) electrons. The van der Waals surface area contributed by atoms with Gasteiger partial charge in [0.1, 0.15) is 0 Å². The summed E-state index contributed by atoms with van der Waals surface area (Å²) in [6.07, 6.45) is 0. The molecule has 0 saturated heterocycles. The van der Waals surface area contributed by atoms with Crippen molar-refractivity contribution in [1.82, 2.24) is 4.98 Å². The first-order chi connectivity index (χ1) is 6.09. The maximum atomic E-state index is 3.50. The molecule has 0 bridgehead atoms. The molecular formula is C8H3Br4N. The van der Waals surface area contributed by atoms with Crippen LogP contribution in [0.25, 0.3) is 10.9 Å². The van der Waals surface area contributed by atoms with Gasteiger partial charge in [0.15, 0.2) is 0 Å². The fraction of sp³-hybridized carbons (Fsp3) is 0. The van der Waals surface area contributed by atoms with Gasteiger partial charge in [0.2, 0.25) is 0 Å². The molecule has 1 aromatic heterocycles. The molecule has 13 heavy (non-hydrogen) atoms. The number of nitrogens with one attached hydrogen (secondary N) is 1. The van der Waals surface area contributed by atoms with Gasteiger partial charge in [-0.05, 0) is 75.9 Å². The minimum Gasteiger partial charge on any atom is -0.348 e. The molecule has 2 rings (SSSR count). The van der Waals surface area contributed by atoms with Gasteiger partial charge in [0, 0.05) is 19.8 Å². The predicted molar refractivity (Wildman–Crippen MR) is 69.1 cm³/mol. The van der Waals surface area contributed by atoms with Crippen LogP contribution in [0.2, 0.25) is 0 Å². The number of hydrogen-bond donors (Lipinski definition) is 1. The number of H-pyrrole nitrogens is 1. The zero-order valence-corrected chi connectivity index (χ0v) is 12.5. The van der Waals surface area contributed by atoms with Gasteiger partial charge in [-0.2, -0.15) is 0 Å². The Bertz CT molecular complexity index is 474. The van der Waals surface area contributed by atoms with Crippen LogP contribution in [-0.2, 0) is 0 Å². The average molecular weight is 433 g/mol. The fourth-order valence-corrected chi connectivity index (χ4v) is 2.66. The smallest absolute Gasteiger partial charge is 0.0975 e. The van der Waals surface area contributed by atoms with Crippen molar-refractivity contribution in [3.63, 3.8) is 0 Å². The Morgan fingerprint density at radius 3 is 2.23 bits per heavy atom. The van der Waals surface area contributed by atoms with Crippen LogP contribution < -0.4 is 0 Å². The standard InChI is InChI=1S/C8H3Br4N/c9-4-1-3-6(2-5(4)10)13-8(12)7(3)11/h1-2,13H. The van der Waals surface area contributed by atoms with E-state index in [1.807, 2.05) is 6.07 Å². The zero-order valence-electron chi connectivity index (χ0n) is 6.17. The lowest BCUT2D eigenvalue weighted by atomic mass is 10.2. The summed E-state index contributed by atoms with van der Waals surface area (Å²) in [5.74, 6) is 0. The molecule has 0 aliphatic rings. The molecule has 0 amide bonds. The highest BCUT2D eigenvalue weighted by molar-refractivity contribution is 9.13. The first-order valence-corrected chi connectivity index (χ1v) is 6.58. The highest BCUT2D eigenvalue weighted by atomic mass is 79.9. The van der Waals surface area contributed by atoms with E-state index in [0.29, 0.717) is 0 Å². The summed E-state index contributed by atoms with van der Waals surface area (Å²) in [7, 11) is 0. The minimum atomic E-state index is 0.965. The summed E-state index contributed by atoms with van der Waals surface area (Å²) in [4.78, 5) is 3.21. The van der Waals surface area contributed by atoms with E-state index in [2.05, 4.69) is 74.8 Å². The number of halogens is 4. The Balaban J connectivity index is 2.89. The van der Waals surface area contributed by atoms with E-state index < -0.39 is 0 Å². The van der Waals surface area contributed by atoms with Crippen LogP contribution in [0, 0.1) is 0 Å². The highest BCUT2D eigenvalue weighted by Crippen LogP contribution is 2.36. The van der Waals surface area contributed by atoms with E-state index in [0.717, 1.165) is 28.9 Å². The molecule has 0 atom stereocenters. The Hall–Kier alpha value is 0.680. The van der Waals surface area contributed by atoms with Crippen molar-refractivity contribution >= 4 is 74.6 Å². The molecule has 1 heterocycles. The molecule has 1 nitrogen and oxygen atoms in total. The molecule has 0 aliphatic carbocycles. The summed E-state index contributed by atoms with van der Waals surface area (Å²) >= 11 is 13.8. The predicted octanol–water partition coefficient (Wildman–Crippen LogP) is 5.22. The number of aromatic nitrogens is 1. The molecule has 2 aromatic rings. The lowest BCUT2D eigenvalue weighted by Gasteiger charge is -1.96. The number of aromatic amines is 1. The van der Waals surface area contributed by atoms with Crippen LogP contribution in [0.3, 0.4) is 0 Å². The third-order valence-electron chi connectivity index (χ3n) is 1.73. The zero-order chi connectivity index (χ0) is 9.59. The Labute approximate surface area is 109 Å². The molecule has 0 fully saturated rings. The Morgan fingerprint density at radius 2 is 1.54 bits per heavy atom. The van der Waals surface area contributed by atoms with Gasteiger partial charge in [0.05, 0.1) is 9.08 Å². The van der Waals surface area contributed by atoms with Gasteiger partial charge in [-0.3, -0.25) is 0 Å². The van der Waals surface area contributed by atoms with Gasteiger partial charge in [0.25, 0.3) is 0 Å². The summed E-state index contributed by atoms with van der Waals surface area (Å²) in [5.41, 5.74) is 1.09. The van der Waals surface area contributed by atoms with Crippen LogP contribution >= 0.6 is 63.7 Å². The lowest BCUT2D eigenvalue weighted by molar-refractivity contribution is 1.40. The van der Waals surface area contributed by atoms with Crippen LogP contribution in [-0.4, -0.2) is 4.98 Å². The van der Waals surface area contributed by atoms with E-state index in [1.165, 1.54) is 0 Å². The largest absolute Gasteiger partial charge is 0.348 e. The van der Waals surface area contributed by atoms with Crippen molar-refractivity contribution in [3.8, 4) is 0 Å². The molecule has 1 aromatic carbocycles. The van der Waals surface area contributed by atoms with Crippen LogP contribution in [0.5, 0.6) is 0 Å². The molecule has 1 N–H and O–H groups in total. The third-order valence-corrected chi connectivity index (χ3v) is 5.53. The monoisotopic (exact) mass is 429 g/mol. The maximum Gasteiger partial charge on any atom is 0.0975 e. The molecular weight excluding hydrogens is 430 g/mol. The molecule has 0 spiro atoms. The Morgan fingerprint density at radius 1 is 0.923 bits per heavy atom. The number of benzene rings is 1. The van der Waals surface area contributed by atoms with Crippen LogP contribution in [0.15, 0.2) is 30.2 Å².